The van der Waals surface area contributed by atoms with Crippen LogP contribution in [0.15, 0.2) is 23.3 Å². The fourth-order valence-corrected chi connectivity index (χ4v) is 8.12. The average Bonchev–Trinajstić information content (AvgIpc) is 2.84. The Morgan fingerprint density at radius 1 is 0.923 bits per heavy atom. The van der Waals surface area contributed by atoms with E-state index in [0.717, 1.165) is 31.3 Å². The molecule has 0 aromatic carbocycles. The molecule has 0 saturated heterocycles. The van der Waals surface area contributed by atoms with Crippen LogP contribution >= 0.6 is 0 Å². The normalized spacial score (nSPS) is 34.9. The van der Waals surface area contributed by atoms with Gasteiger partial charge in [-0.25, -0.2) is 0 Å². The zero-order valence-electron chi connectivity index (χ0n) is 24.6. The fourth-order valence-electron chi connectivity index (χ4n) is 8.12. The topological polar surface area (TPSA) is 96.0 Å². The summed E-state index contributed by atoms with van der Waals surface area (Å²) < 4.78 is 18.2. The lowest BCUT2D eigenvalue weighted by molar-refractivity contribution is -0.184. The van der Waals surface area contributed by atoms with E-state index in [4.69, 9.17) is 14.2 Å². The maximum Gasteiger partial charge on any atom is 0.306 e. The minimum absolute atomic E-state index is 0.0218. The lowest BCUT2D eigenvalue weighted by Crippen LogP contribution is -2.59. The highest BCUT2D eigenvalue weighted by molar-refractivity contribution is 5.97. The van der Waals surface area contributed by atoms with Crippen molar-refractivity contribution < 1.29 is 33.4 Å². The zero-order chi connectivity index (χ0) is 28.7. The van der Waals surface area contributed by atoms with Crippen molar-refractivity contribution in [2.45, 2.75) is 124 Å². The summed E-state index contributed by atoms with van der Waals surface area (Å²) in [7, 11) is 0. The van der Waals surface area contributed by atoms with Gasteiger partial charge in [0.25, 0.3) is 0 Å². The number of rotatable bonds is 5. The van der Waals surface area contributed by atoms with E-state index in [0.29, 0.717) is 42.7 Å². The summed E-state index contributed by atoms with van der Waals surface area (Å²) >= 11 is 0. The molecule has 7 heteroatoms. The van der Waals surface area contributed by atoms with Crippen LogP contribution in [0.5, 0.6) is 0 Å². The van der Waals surface area contributed by atoms with E-state index in [1.807, 2.05) is 6.92 Å². The molecule has 2 unspecified atom stereocenters. The van der Waals surface area contributed by atoms with E-state index < -0.39 is 47.0 Å². The number of allylic oxidation sites excluding steroid dienone is 1. The van der Waals surface area contributed by atoms with Crippen LogP contribution in [0.4, 0.5) is 0 Å². The van der Waals surface area contributed by atoms with Crippen molar-refractivity contribution in [3.05, 3.63) is 23.3 Å². The Morgan fingerprint density at radius 3 is 2.18 bits per heavy atom. The second kappa shape index (κ2) is 11.2. The number of hydrogen-bond acceptors (Lipinski definition) is 7. The van der Waals surface area contributed by atoms with Crippen LogP contribution in [0.3, 0.4) is 0 Å². The molecule has 0 amide bonds. The van der Waals surface area contributed by atoms with Crippen LogP contribution in [0.2, 0.25) is 0 Å². The highest BCUT2D eigenvalue weighted by Crippen LogP contribution is 2.60. The molecule has 0 aliphatic heterocycles. The predicted octanol–water partition coefficient (Wildman–Crippen LogP) is 6.04. The first-order valence-electron chi connectivity index (χ1n) is 14.7. The number of fused-ring (bicyclic) bond motifs is 3. The number of carbonyl (C=O) groups is 4. The maximum atomic E-state index is 13.2. The molecule has 4 aliphatic carbocycles. The van der Waals surface area contributed by atoms with Gasteiger partial charge in [0.2, 0.25) is 0 Å². The molecule has 216 valence electrons. The van der Waals surface area contributed by atoms with E-state index in [2.05, 4.69) is 27.4 Å². The minimum atomic E-state index is -0.680. The third-order valence-electron chi connectivity index (χ3n) is 10.4. The van der Waals surface area contributed by atoms with E-state index in [1.54, 1.807) is 0 Å². The van der Waals surface area contributed by atoms with Crippen molar-refractivity contribution in [2.75, 3.05) is 0 Å². The molecule has 39 heavy (non-hydrogen) atoms. The van der Waals surface area contributed by atoms with Gasteiger partial charge in [0, 0.05) is 50.4 Å². The highest BCUT2D eigenvalue weighted by Gasteiger charge is 2.60. The van der Waals surface area contributed by atoms with E-state index in [-0.39, 0.29) is 24.1 Å². The highest BCUT2D eigenvalue weighted by atomic mass is 16.6. The van der Waals surface area contributed by atoms with Gasteiger partial charge in [0.05, 0.1) is 0 Å². The van der Waals surface area contributed by atoms with Gasteiger partial charge in [-0.2, -0.15) is 0 Å². The van der Waals surface area contributed by atoms with Crippen molar-refractivity contribution in [1.29, 1.82) is 0 Å². The first-order valence-corrected chi connectivity index (χ1v) is 14.7. The van der Waals surface area contributed by atoms with Crippen molar-refractivity contribution in [3.63, 3.8) is 0 Å². The maximum absolute atomic E-state index is 13.2. The second-order valence-electron chi connectivity index (χ2n) is 13.2. The van der Waals surface area contributed by atoms with E-state index in [9.17, 15) is 19.2 Å². The molecule has 0 aromatic rings. The first kappa shape index (κ1) is 29.5. The van der Waals surface area contributed by atoms with Crippen LogP contribution in [0.25, 0.3) is 0 Å². The minimum Gasteiger partial charge on any atom is -0.462 e. The van der Waals surface area contributed by atoms with Crippen molar-refractivity contribution in [1.82, 2.24) is 0 Å². The van der Waals surface area contributed by atoms with Crippen molar-refractivity contribution in [3.8, 4) is 0 Å². The Kier molecular flexibility index (Phi) is 8.49. The Balaban J connectivity index is 1.74. The lowest BCUT2D eigenvalue weighted by atomic mass is 9.50. The second-order valence-corrected chi connectivity index (χ2v) is 13.2. The van der Waals surface area contributed by atoms with Gasteiger partial charge in [0.1, 0.15) is 18.3 Å². The number of hydrogen-bond donors (Lipinski definition) is 0. The largest absolute Gasteiger partial charge is 0.462 e. The van der Waals surface area contributed by atoms with Crippen molar-refractivity contribution in [2.24, 2.45) is 28.6 Å². The van der Waals surface area contributed by atoms with Crippen LogP contribution in [0, 0.1) is 28.6 Å². The Labute approximate surface area is 233 Å². The smallest absolute Gasteiger partial charge is 0.306 e. The fraction of sp³-hybridized carbons (Fsp3) is 0.750. The molecule has 0 N–H and O–H groups in total. The van der Waals surface area contributed by atoms with Gasteiger partial charge >= 0.3 is 17.9 Å². The van der Waals surface area contributed by atoms with E-state index >= 15 is 0 Å². The molecular formula is C32H46O7. The first-order chi connectivity index (χ1) is 18.3. The number of ketones is 1. The van der Waals surface area contributed by atoms with Crippen LogP contribution < -0.4 is 0 Å². The molecule has 6 atom stereocenters. The van der Waals surface area contributed by atoms with Crippen LogP contribution in [0.1, 0.15) is 106 Å². The molecule has 3 saturated carbocycles. The molecule has 0 radical (unpaired) electrons. The Hall–Kier alpha value is -2.44. The van der Waals surface area contributed by atoms with Gasteiger partial charge in [-0.3, -0.25) is 19.2 Å². The predicted molar refractivity (Wildman–Crippen MR) is 146 cm³/mol. The number of Topliss-reactive ketones (excluding diaryl/α,β-unsaturated/α-hetero) is 1. The van der Waals surface area contributed by atoms with Gasteiger partial charge < -0.3 is 14.2 Å². The molecular weight excluding hydrogens is 496 g/mol. The summed E-state index contributed by atoms with van der Waals surface area (Å²) in [4.78, 5) is 51.2. The molecule has 3 fully saturated rings. The average molecular weight is 543 g/mol. The third-order valence-corrected chi connectivity index (χ3v) is 10.4. The summed E-state index contributed by atoms with van der Waals surface area (Å²) in [6, 6.07) is 0. The van der Waals surface area contributed by atoms with Gasteiger partial charge in [-0.15, -0.1) is 0 Å². The third kappa shape index (κ3) is 5.74. The monoisotopic (exact) mass is 542 g/mol. The molecule has 4 aliphatic rings. The molecule has 4 rings (SSSR count). The van der Waals surface area contributed by atoms with E-state index in [1.165, 1.54) is 20.3 Å². The summed E-state index contributed by atoms with van der Waals surface area (Å²) in [5, 5.41) is 0. The Bertz CT molecular complexity index is 1060. The van der Waals surface area contributed by atoms with Gasteiger partial charge in [0.15, 0.2) is 5.78 Å². The molecule has 7 nitrogen and oxygen atoms in total. The molecule has 0 heterocycles. The van der Waals surface area contributed by atoms with Gasteiger partial charge in [-0.05, 0) is 55.1 Å². The number of esters is 3. The Morgan fingerprint density at radius 2 is 1.56 bits per heavy atom. The standard InChI is InChI=1S/C32H46O7/c1-18-23-17-27(37-20(3)33)32(7)14-13-26(39-28(36)15-22-11-9-8-10-12-22)19(2)29(32)30(38-21(4)34)24(16-25(18)35)31(23,5)6/h22,24,26-27,29-30H,2,8-17H2,1,3-7H3/t24?,26-,27+,29?,30+,32-/m0/s1. The van der Waals surface area contributed by atoms with Crippen LogP contribution in [-0.2, 0) is 33.4 Å². The molecule has 0 aromatic heterocycles. The number of ether oxygens (including phenoxy) is 3. The van der Waals surface area contributed by atoms with Gasteiger partial charge in [-0.1, -0.05) is 52.2 Å². The molecule has 2 bridgehead atoms. The quantitative estimate of drug-likeness (QED) is 0.237. The lowest BCUT2D eigenvalue weighted by Gasteiger charge is -2.58. The summed E-state index contributed by atoms with van der Waals surface area (Å²) in [5.41, 5.74) is 1.24. The number of carbonyl (C=O) groups excluding carboxylic acids is 4. The zero-order valence-corrected chi connectivity index (χ0v) is 24.6. The van der Waals surface area contributed by atoms with Crippen molar-refractivity contribution >= 4 is 23.7 Å². The summed E-state index contributed by atoms with van der Waals surface area (Å²) in [6.07, 6.45) is 6.14. The SMILES string of the molecule is C=C1C2[C@H](OC(C)=O)C3CC(=O)C(C)=C(C[C@@H](OC(C)=O)[C@]2(C)CC[C@@H]1OC(=O)CC1CCCCC1)C3(C)C. The molecule has 0 spiro atoms. The summed E-state index contributed by atoms with van der Waals surface area (Å²) in [6.45, 7) is 15.3. The summed E-state index contributed by atoms with van der Waals surface area (Å²) in [5.74, 6) is -1.41. The van der Waals surface area contributed by atoms with Crippen LogP contribution in [-0.4, -0.2) is 42.0 Å².